The van der Waals surface area contributed by atoms with E-state index < -0.39 is 0 Å². The first-order valence-corrected chi connectivity index (χ1v) is 8.29. The Morgan fingerprint density at radius 1 is 1.40 bits per heavy atom. The van der Waals surface area contributed by atoms with E-state index in [1.165, 1.54) is 4.88 Å². The third-order valence-electron chi connectivity index (χ3n) is 3.52. The Labute approximate surface area is 130 Å². The van der Waals surface area contributed by atoms with E-state index in [0.717, 1.165) is 21.8 Å². The van der Waals surface area contributed by atoms with E-state index in [1.807, 2.05) is 18.3 Å². The summed E-state index contributed by atoms with van der Waals surface area (Å²) < 4.78 is 3.16. The number of thiophene rings is 1. The highest BCUT2D eigenvalue weighted by molar-refractivity contribution is 9.10. The highest BCUT2D eigenvalue weighted by atomic mass is 79.9. The van der Waals surface area contributed by atoms with Crippen LogP contribution in [0.1, 0.15) is 24.3 Å². The Hall–Kier alpha value is -1.17. The lowest BCUT2D eigenvalue weighted by atomic mass is 10.0. The summed E-state index contributed by atoms with van der Waals surface area (Å²) in [4.78, 5) is 1.24. The third kappa shape index (κ3) is 2.41. The van der Waals surface area contributed by atoms with Crippen LogP contribution in [0.2, 0.25) is 0 Å². The van der Waals surface area contributed by atoms with E-state index in [4.69, 9.17) is 5.73 Å². The first kappa shape index (κ1) is 13.8. The molecule has 2 N–H and O–H groups in total. The van der Waals surface area contributed by atoms with E-state index >= 15 is 0 Å². The second-order valence-corrected chi connectivity index (χ2v) is 6.69. The summed E-state index contributed by atoms with van der Waals surface area (Å²) in [6, 6.07) is 10.5. The molecular weight excluding hydrogens is 334 g/mol. The van der Waals surface area contributed by atoms with Crippen molar-refractivity contribution in [3.63, 3.8) is 0 Å². The second-order valence-electron chi connectivity index (χ2n) is 4.83. The fraction of sp³-hybridized carbons (Fsp3) is 0.267. The first-order valence-electron chi connectivity index (χ1n) is 6.62. The van der Waals surface area contributed by atoms with Crippen molar-refractivity contribution in [2.24, 2.45) is 5.73 Å². The van der Waals surface area contributed by atoms with Crippen molar-refractivity contribution in [1.29, 1.82) is 0 Å². The number of para-hydroxylation sites is 1. The summed E-state index contributed by atoms with van der Waals surface area (Å²) in [5.74, 6) is 0. The van der Waals surface area contributed by atoms with Crippen molar-refractivity contribution in [2.75, 3.05) is 0 Å². The molecule has 0 amide bonds. The Morgan fingerprint density at radius 3 is 2.90 bits per heavy atom. The lowest BCUT2D eigenvalue weighted by molar-refractivity contribution is 0.440. The minimum atomic E-state index is 0.0452. The number of hydrogen-bond donors (Lipinski definition) is 1. The van der Waals surface area contributed by atoms with Gasteiger partial charge in [0.25, 0.3) is 0 Å². The maximum Gasteiger partial charge on any atom is 0.102 e. The highest BCUT2D eigenvalue weighted by Crippen LogP contribution is 2.32. The van der Waals surface area contributed by atoms with Gasteiger partial charge in [0.2, 0.25) is 0 Å². The van der Waals surface area contributed by atoms with Crippen molar-refractivity contribution < 1.29 is 0 Å². The maximum atomic E-state index is 6.37. The fourth-order valence-corrected chi connectivity index (χ4v) is 4.04. The molecule has 104 valence electrons. The smallest absolute Gasteiger partial charge is 0.102 e. The first-order chi connectivity index (χ1) is 9.70. The zero-order chi connectivity index (χ0) is 14.1. The maximum absolute atomic E-state index is 6.37. The molecule has 3 rings (SSSR count). The van der Waals surface area contributed by atoms with E-state index in [9.17, 15) is 0 Å². The summed E-state index contributed by atoms with van der Waals surface area (Å²) in [6.45, 7) is 2.12. The number of rotatable bonds is 4. The molecule has 0 aliphatic carbocycles. The van der Waals surface area contributed by atoms with Gasteiger partial charge in [0.15, 0.2) is 0 Å². The minimum absolute atomic E-state index is 0.0452. The molecule has 3 nitrogen and oxygen atoms in total. The van der Waals surface area contributed by atoms with Gasteiger partial charge in [-0.3, -0.25) is 4.68 Å². The van der Waals surface area contributed by atoms with Gasteiger partial charge in [-0.25, -0.2) is 0 Å². The van der Waals surface area contributed by atoms with Crippen LogP contribution in [0, 0.1) is 0 Å². The zero-order valence-electron chi connectivity index (χ0n) is 11.2. The molecule has 20 heavy (non-hydrogen) atoms. The third-order valence-corrected chi connectivity index (χ3v) is 5.29. The summed E-state index contributed by atoms with van der Waals surface area (Å²) >= 11 is 5.24. The molecule has 0 saturated heterocycles. The molecule has 0 saturated carbocycles. The van der Waals surface area contributed by atoms with Crippen LogP contribution < -0.4 is 5.73 Å². The topological polar surface area (TPSA) is 43.8 Å². The summed E-state index contributed by atoms with van der Waals surface area (Å²) in [6.07, 6.45) is 2.82. The largest absolute Gasteiger partial charge is 0.326 e. The van der Waals surface area contributed by atoms with Crippen molar-refractivity contribution >= 4 is 38.2 Å². The van der Waals surface area contributed by atoms with Crippen LogP contribution in [0.5, 0.6) is 0 Å². The zero-order valence-corrected chi connectivity index (χ0v) is 13.6. The van der Waals surface area contributed by atoms with Gasteiger partial charge in [-0.2, -0.15) is 5.10 Å². The number of hydrogen-bond acceptors (Lipinski definition) is 3. The molecule has 2 atom stereocenters. The molecular formula is C15H16BrN3S. The predicted molar refractivity (Wildman–Crippen MR) is 88.2 cm³/mol. The van der Waals surface area contributed by atoms with Crippen LogP contribution in [0.4, 0.5) is 0 Å². The normalized spacial score (nSPS) is 14.6. The lowest BCUT2D eigenvalue weighted by Crippen LogP contribution is -2.32. The highest BCUT2D eigenvalue weighted by Gasteiger charge is 2.24. The number of nitrogens with zero attached hydrogens (tertiary/aromatic N) is 2. The van der Waals surface area contributed by atoms with Crippen molar-refractivity contribution in [1.82, 2.24) is 9.78 Å². The van der Waals surface area contributed by atoms with Gasteiger partial charge in [-0.1, -0.05) is 25.1 Å². The van der Waals surface area contributed by atoms with Crippen molar-refractivity contribution in [2.45, 2.75) is 25.4 Å². The standard InChI is InChI=1S/C15H16BrN3S/c1-2-12(17)15(14-7-11(16)9-20-14)19-13-6-4-3-5-10(13)8-18-19/h3-9,12,15H,2,17H2,1H3. The molecule has 2 heterocycles. The monoisotopic (exact) mass is 349 g/mol. The van der Waals surface area contributed by atoms with E-state index in [0.29, 0.717) is 0 Å². The van der Waals surface area contributed by atoms with Gasteiger partial charge in [-0.15, -0.1) is 11.3 Å². The van der Waals surface area contributed by atoms with Crippen LogP contribution in [0.25, 0.3) is 10.9 Å². The fourth-order valence-electron chi connectivity index (χ4n) is 2.43. The van der Waals surface area contributed by atoms with E-state index in [1.54, 1.807) is 11.3 Å². The Bertz CT molecular complexity index is 719. The summed E-state index contributed by atoms with van der Waals surface area (Å²) in [5, 5.41) is 7.82. The molecule has 0 aliphatic heterocycles. The van der Waals surface area contributed by atoms with E-state index in [2.05, 4.69) is 56.2 Å². The van der Waals surface area contributed by atoms with Crippen LogP contribution >= 0.6 is 27.3 Å². The van der Waals surface area contributed by atoms with Crippen LogP contribution in [-0.4, -0.2) is 15.8 Å². The minimum Gasteiger partial charge on any atom is -0.326 e. The molecule has 1 aromatic carbocycles. The number of nitrogens with two attached hydrogens (primary N) is 1. The van der Waals surface area contributed by atoms with Gasteiger partial charge in [0.1, 0.15) is 6.04 Å². The SMILES string of the molecule is CCC(N)C(c1cc(Br)cs1)n1ncc2ccccc21. The van der Waals surface area contributed by atoms with Gasteiger partial charge >= 0.3 is 0 Å². The molecule has 0 fully saturated rings. The van der Waals surface area contributed by atoms with E-state index in [-0.39, 0.29) is 12.1 Å². The van der Waals surface area contributed by atoms with Gasteiger partial charge in [0, 0.05) is 26.2 Å². The van der Waals surface area contributed by atoms with Crippen molar-refractivity contribution in [3.05, 3.63) is 51.3 Å². The molecule has 0 radical (unpaired) electrons. The molecule has 0 aliphatic rings. The number of aromatic nitrogens is 2. The van der Waals surface area contributed by atoms with Crippen LogP contribution in [0.3, 0.4) is 0 Å². The van der Waals surface area contributed by atoms with Gasteiger partial charge in [-0.05, 0) is 34.5 Å². The van der Waals surface area contributed by atoms with Gasteiger partial charge in [0.05, 0.1) is 11.7 Å². The van der Waals surface area contributed by atoms with Crippen LogP contribution in [0.15, 0.2) is 46.4 Å². The summed E-state index contributed by atoms with van der Waals surface area (Å²) in [5.41, 5.74) is 7.50. The Balaban J connectivity index is 2.14. The molecule has 0 bridgehead atoms. The van der Waals surface area contributed by atoms with Crippen molar-refractivity contribution in [3.8, 4) is 0 Å². The lowest BCUT2D eigenvalue weighted by Gasteiger charge is -2.23. The number of fused-ring (bicyclic) bond motifs is 1. The Kier molecular flexibility index (Phi) is 3.92. The number of halogens is 1. The molecule has 2 aromatic heterocycles. The molecule has 3 aromatic rings. The average Bonchev–Trinajstić information content (AvgIpc) is 3.07. The molecule has 5 heteroatoms. The molecule has 2 unspecified atom stereocenters. The number of benzene rings is 1. The van der Waals surface area contributed by atoms with Gasteiger partial charge < -0.3 is 5.73 Å². The second kappa shape index (κ2) is 5.68. The quantitative estimate of drug-likeness (QED) is 0.767. The predicted octanol–water partition coefficient (Wildman–Crippen LogP) is 4.19. The van der Waals surface area contributed by atoms with Crippen LogP contribution in [-0.2, 0) is 0 Å². The average molecular weight is 350 g/mol. The Morgan fingerprint density at radius 2 is 2.20 bits per heavy atom. The molecule has 0 spiro atoms. The summed E-state index contributed by atoms with van der Waals surface area (Å²) in [7, 11) is 0.